The number of rotatable bonds is 2. The molecule has 2 N–H and O–H groups in total. The van der Waals surface area contributed by atoms with Crippen LogP contribution in [0, 0.1) is 0 Å². The molecule has 54 valence electrons. The number of likely N-dealkylation sites (N-methyl/N-ethyl adjacent to an activating group) is 1. The van der Waals surface area contributed by atoms with E-state index in [1.165, 1.54) is 21.1 Å². The molecular formula is C5H11NO3. The highest BCUT2D eigenvalue weighted by atomic mass is 16.5. The number of nitrogens with one attached hydrogen (secondary N) is 1. The summed E-state index contributed by atoms with van der Waals surface area (Å²) in [6, 6.07) is 0. The van der Waals surface area contributed by atoms with E-state index in [2.05, 4.69) is 10.1 Å². The Labute approximate surface area is 53.8 Å². The maximum Gasteiger partial charge on any atom is 0.353 e. The fourth-order valence-electron chi connectivity index (χ4n) is 0.301. The van der Waals surface area contributed by atoms with Gasteiger partial charge in [-0.15, -0.1) is 0 Å². The van der Waals surface area contributed by atoms with Gasteiger partial charge in [-0.3, -0.25) is 5.32 Å². The van der Waals surface area contributed by atoms with Gasteiger partial charge in [0, 0.05) is 0 Å². The van der Waals surface area contributed by atoms with Gasteiger partial charge < -0.3 is 9.84 Å². The summed E-state index contributed by atoms with van der Waals surface area (Å²) < 4.78 is 4.25. The summed E-state index contributed by atoms with van der Waals surface area (Å²) in [5.74, 6) is -0.690. The lowest BCUT2D eigenvalue weighted by molar-refractivity contribution is -0.163. The van der Waals surface area contributed by atoms with E-state index in [0.717, 1.165) is 0 Å². The summed E-state index contributed by atoms with van der Waals surface area (Å²) in [5.41, 5.74) is -1.56. The number of carbonyl (C=O) groups excluding carboxylic acids is 1. The Balaban J connectivity index is 3.97. The van der Waals surface area contributed by atoms with E-state index < -0.39 is 11.7 Å². The van der Waals surface area contributed by atoms with E-state index in [4.69, 9.17) is 5.11 Å². The van der Waals surface area contributed by atoms with Gasteiger partial charge in [-0.2, -0.15) is 0 Å². The van der Waals surface area contributed by atoms with Crippen LogP contribution < -0.4 is 5.32 Å². The molecule has 0 bridgehead atoms. The van der Waals surface area contributed by atoms with E-state index >= 15 is 0 Å². The molecule has 9 heavy (non-hydrogen) atoms. The number of carbonyl (C=O) groups is 1. The van der Waals surface area contributed by atoms with Gasteiger partial charge in [0.15, 0.2) is 0 Å². The largest absolute Gasteiger partial charge is 0.466 e. The SMILES string of the molecule is CNC(C)(O)C(=O)OC. The van der Waals surface area contributed by atoms with Gasteiger partial charge in [-0.25, -0.2) is 4.79 Å². The second kappa shape index (κ2) is 2.80. The normalized spacial score (nSPS) is 16.4. The summed E-state index contributed by atoms with van der Waals surface area (Å²) >= 11 is 0. The van der Waals surface area contributed by atoms with Crippen LogP contribution in [-0.2, 0) is 9.53 Å². The Kier molecular flexibility index (Phi) is 2.61. The lowest BCUT2D eigenvalue weighted by atomic mass is 10.3. The fourth-order valence-corrected chi connectivity index (χ4v) is 0.301. The van der Waals surface area contributed by atoms with E-state index in [1.54, 1.807) is 0 Å². The first kappa shape index (κ1) is 8.39. The molecular weight excluding hydrogens is 122 g/mol. The van der Waals surface area contributed by atoms with Gasteiger partial charge in [0.1, 0.15) is 0 Å². The second-order valence-electron chi connectivity index (χ2n) is 1.81. The first-order chi connectivity index (χ1) is 4.04. The molecule has 4 heteroatoms. The minimum atomic E-state index is -1.56. The molecule has 0 spiro atoms. The minimum absolute atomic E-state index is 0.690. The molecule has 0 amide bonds. The van der Waals surface area contributed by atoms with Crippen molar-refractivity contribution in [3.05, 3.63) is 0 Å². The molecule has 1 unspecified atom stereocenters. The molecule has 0 aliphatic rings. The average Bonchev–Trinajstić information content (AvgIpc) is 1.86. The highest BCUT2D eigenvalue weighted by molar-refractivity contribution is 5.77. The van der Waals surface area contributed by atoms with Crippen LogP contribution >= 0.6 is 0 Å². The molecule has 0 aliphatic heterocycles. The molecule has 0 saturated carbocycles. The zero-order valence-corrected chi connectivity index (χ0v) is 5.76. The van der Waals surface area contributed by atoms with Crippen molar-refractivity contribution in [2.45, 2.75) is 12.6 Å². The van der Waals surface area contributed by atoms with E-state index in [9.17, 15) is 4.79 Å². The molecule has 0 fully saturated rings. The van der Waals surface area contributed by atoms with Crippen molar-refractivity contribution in [2.24, 2.45) is 0 Å². The molecule has 0 aliphatic carbocycles. The highest BCUT2D eigenvalue weighted by Crippen LogP contribution is 1.97. The molecule has 0 aromatic heterocycles. The first-order valence-electron chi connectivity index (χ1n) is 2.54. The Morgan fingerprint density at radius 1 is 1.78 bits per heavy atom. The van der Waals surface area contributed by atoms with Gasteiger partial charge in [0.05, 0.1) is 7.11 Å². The minimum Gasteiger partial charge on any atom is -0.466 e. The average molecular weight is 133 g/mol. The first-order valence-corrected chi connectivity index (χ1v) is 2.54. The molecule has 0 rings (SSSR count). The Morgan fingerprint density at radius 2 is 2.22 bits per heavy atom. The van der Waals surface area contributed by atoms with Gasteiger partial charge in [0.25, 0.3) is 0 Å². The maximum absolute atomic E-state index is 10.5. The van der Waals surface area contributed by atoms with Crippen molar-refractivity contribution >= 4 is 5.97 Å². The van der Waals surface area contributed by atoms with Crippen LogP contribution in [0.1, 0.15) is 6.92 Å². The van der Waals surface area contributed by atoms with Gasteiger partial charge in [-0.1, -0.05) is 0 Å². The van der Waals surface area contributed by atoms with Crippen molar-refractivity contribution in [3.8, 4) is 0 Å². The number of esters is 1. The van der Waals surface area contributed by atoms with Crippen LogP contribution in [0.4, 0.5) is 0 Å². The monoisotopic (exact) mass is 133 g/mol. The third-order valence-electron chi connectivity index (χ3n) is 1.07. The molecule has 0 heterocycles. The molecule has 0 aromatic carbocycles. The van der Waals surface area contributed by atoms with Crippen molar-refractivity contribution in [1.82, 2.24) is 5.32 Å². The third-order valence-corrected chi connectivity index (χ3v) is 1.07. The van der Waals surface area contributed by atoms with E-state index in [1.807, 2.05) is 0 Å². The lowest BCUT2D eigenvalue weighted by Crippen LogP contribution is -2.47. The predicted octanol–water partition coefficient (Wildman–Crippen LogP) is -0.913. The Morgan fingerprint density at radius 3 is 2.33 bits per heavy atom. The van der Waals surface area contributed by atoms with Crippen LogP contribution in [0.5, 0.6) is 0 Å². The van der Waals surface area contributed by atoms with Crippen molar-refractivity contribution in [1.29, 1.82) is 0 Å². The lowest BCUT2D eigenvalue weighted by Gasteiger charge is -2.18. The summed E-state index contributed by atoms with van der Waals surface area (Å²) in [4.78, 5) is 10.5. The van der Waals surface area contributed by atoms with Gasteiger partial charge >= 0.3 is 5.97 Å². The quantitative estimate of drug-likeness (QED) is 0.378. The summed E-state index contributed by atoms with van der Waals surface area (Å²) in [6.07, 6.45) is 0. The second-order valence-corrected chi connectivity index (χ2v) is 1.81. The fraction of sp³-hybridized carbons (Fsp3) is 0.800. The predicted molar refractivity (Wildman–Crippen MR) is 31.7 cm³/mol. The van der Waals surface area contributed by atoms with E-state index in [-0.39, 0.29) is 0 Å². The van der Waals surface area contributed by atoms with Crippen LogP contribution in [0.25, 0.3) is 0 Å². The summed E-state index contributed by atoms with van der Waals surface area (Å²) in [5, 5.41) is 11.4. The molecule has 0 aromatic rings. The van der Waals surface area contributed by atoms with Gasteiger partial charge in [-0.05, 0) is 14.0 Å². The van der Waals surface area contributed by atoms with Crippen molar-refractivity contribution in [3.63, 3.8) is 0 Å². The van der Waals surface area contributed by atoms with Crippen LogP contribution in [0.2, 0.25) is 0 Å². The Hall–Kier alpha value is -0.610. The molecule has 0 radical (unpaired) electrons. The van der Waals surface area contributed by atoms with Crippen LogP contribution in [-0.4, -0.2) is 31.0 Å². The number of hydrogen-bond donors (Lipinski definition) is 2. The third kappa shape index (κ3) is 1.99. The smallest absolute Gasteiger partial charge is 0.353 e. The zero-order valence-electron chi connectivity index (χ0n) is 5.76. The summed E-state index contributed by atoms with van der Waals surface area (Å²) in [7, 11) is 2.69. The van der Waals surface area contributed by atoms with Crippen molar-refractivity contribution in [2.75, 3.05) is 14.2 Å². The molecule has 1 atom stereocenters. The van der Waals surface area contributed by atoms with Gasteiger partial charge in [0.2, 0.25) is 5.72 Å². The topological polar surface area (TPSA) is 58.6 Å². The van der Waals surface area contributed by atoms with E-state index in [0.29, 0.717) is 0 Å². The van der Waals surface area contributed by atoms with Crippen LogP contribution in [0.3, 0.4) is 0 Å². The zero-order chi connectivity index (χ0) is 7.49. The number of hydrogen-bond acceptors (Lipinski definition) is 4. The number of aliphatic hydroxyl groups is 1. The molecule has 0 saturated heterocycles. The Bertz CT molecular complexity index is 111. The van der Waals surface area contributed by atoms with Crippen LogP contribution in [0.15, 0.2) is 0 Å². The summed E-state index contributed by atoms with van der Waals surface area (Å²) in [6.45, 7) is 1.32. The highest BCUT2D eigenvalue weighted by Gasteiger charge is 2.28. The molecule has 4 nitrogen and oxygen atoms in total. The standard InChI is InChI=1S/C5H11NO3/c1-5(8,6-2)4(7)9-3/h6,8H,1-3H3. The maximum atomic E-state index is 10.5. The van der Waals surface area contributed by atoms with Crippen molar-refractivity contribution < 1.29 is 14.6 Å². The number of methoxy groups -OCH3 is 1. The number of ether oxygens (including phenoxy) is 1.